The highest BCUT2D eigenvalue weighted by atomic mass is 16.1. The fourth-order valence-corrected chi connectivity index (χ4v) is 3.75. The van der Waals surface area contributed by atoms with Crippen LogP contribution in [0.4, 0.5) is 0 Å². The third-order valence-electron chi connectivity index (χ3n) is 5.27. The van der Waals surface area contributed by atoms with E-state index in [1.807, 2.05) is 13.1 Å². The second-order valence-electron chi connectivity index (χ2n) is 6.86. The molecule has 5 heteroatoms. The number of amides is 1. The average molecular weight is 316 g/mol. The number of hydrogen-bond donors (Lipinski definition) is 2. The lowest BCUT2D eigenvalue weighted by Crippen LogP contribution is -2.40. The molecule has 0 radical (unpaired) electrons. The lowest BCUT2D eigenvalue weighted by Gasteiger charge is -2.32. The number of carbonyl (C=O) groups is 1. The summed E-state index contributed by atoms with van der Waals surface area (Å²) in [4.78, 5) is 19.2. The number of nitrogens with zero attached hydrogens (tertiary/aromatic N) is 2. The Bertz CT molecular complexity index is 572. The molecule has 2 aliphatic rings. The fourth-order valence-electron chi connectivity index (χ4n) is 3.75. The highest BCUT2D eigenvalue weighted by molar-refractivity contribution is 5.76. The van der Waals surface area contributed by atoms with E-state index >= 15 is 0 Å². The third-order valence-corrected chi connectivity index (χ3v) is 5.27. The van der Waals surface area contributed by atoms with Crippen molar-refractivity contribution in [3.8, 4) is 0 Å². The van der Waals surface area contributed by atoms with Gasteiger partial charge in [-0.15, -0.1) is 0 Å². The Morgan fingerprint density at radius 1 is 1.48 bits per heavy atom. The summed E-state index contributed by atoms with van der Waals surface area (Å²) in [6.07, 6.45) is 7.24. The van der Waals surface area contributed by atoms with Gasteiger partial charge in [-0.2, -0.15) is 0 Å². The van der Waals surface area contributed by atoms with Gasteiger partial charge in [-0.3, -0.25) is 9.78 Å². The van der Waals surface area contributed by atoms with Gasteiger partial charge in [-0.1, -0.05) is 6.42 Å². The highest BCUT2D eigenvalue weighted by Crippen LogP contribution is 2.21. The van der Waals surface area contributed by atoms with Crippen LogP contribution >= 0.6 is 0 Å². The second-order valence-corrected chi connectivity index (χ2v) is 6.86. The van der Waals surface area contributed by atoms with Crippen LogP contribution in [0.3, 0.4) is 0 Å². The van der Waals surface area contributed by atoms with E-state index in [1.165, 1.54) is 29.5 Å². The van der Waals surface area contributed by atoms with Crippen molar-refractivity contribution >= 4 is 5.91 Å². The Labute approximate surface area is 138 Å². The largest absolute Gasteiger partial charge is 0.352 e. The Hall–Kier alpha value is -1.46. The van der Waals surface area contributed by atoms with Gasteiger partial charge in [-0.05, 0) is 63.0 Å². The van der Waals surface area contributed by atoms with Gasteiger partial charge >= 0.3 is 0 Å². The first-order chi connectivity index (χ1) is 11.1. The predicted molar refractivity (Wildman–Crippen MR) is 91.1 cm³/mol. The molecule has 3 heterocycles. The van der Waals surface area contributed by atoms with Crippen LogP contribution in [-0.2, 0) is 24.3 Å². The number of hydrogen-bond acceptors (Lipinski definition) is 4. The van der Waals surface area contributed by atoms with E-state index in [0.29, 0.717) is 19.0 Å². The minimum absolute atomic E-state index is 0.162. The van der Waals surface area contributed by atoms with Crippen LogP contribution in [0.2, 0.25) is 0 Å². The molecular formula is C18H28N4O. The van der Waals surface area contributed by atoms with E-state index in [4.69, 9.17) is 0 Å². The smallest absolute Gasteiger partial charge is 0.221 e. The first-order valence-corrected chi connectivity index (χ1v) is 8.79. The van der Waals surface area contributed by atoms with Gasteiger partial charge in [0, 0.05) is 37.4 Å². The summed E-state index contributed by atoms with van der Waals surface area (Å²) in [7, 11) is 2.13. The average Bonchev–Trinajstić information content (AvgIpc) is 2.56. The molecular weight excluding hydrogens is 288 g/mol. The van der Waals surface area contributed by atoms with Gasteiger partial charge in [0.2, 0.25) is 5.91 Å². The van der Waals surface area contributed by atoms with Crippen LogP contribution in [-0.4, -0.2) is 42.0 Å². The molecule has 1 aromatic rings. The van der Waals surface area contributed by atoms with Crippen LogP contribution in [0.15, 0.2) is 6.20 Å². The molecule has 5 nitrogen and oxygen atoms in total. The molecule has 23 heavy (non-hydrogen) atoms. The maximum atomic E-state index is 12.3. The van der Waals surface area contributed by atoms with Crippen LogP contribution in [0.1, 0.15) is 48.1 Å². The van der Waals surface area contributed by atoms with Crippen molar-refractivity contribution in [3.63, 3.8) is 0 Å². The standard InChI is InChI=1S/C18H28N4O/c1-13-17(16-6-7-19-10-14(16)11-20-13)12-21-18(23)9-15-5-3-4-8-22(15)2/h11,15,19H,3-10,12H2,1-2H3,(H,21,23). The van der Waals surface area contributed by atoms with Crippen molar-refractivity contribution < 1.29 is 4.79 Å². The predicted octanol–water partition coefficient (Wildman–Crippen LogP) is 1.53. The number of aryl methyl sites for hydroxylation is 1. The minimum atomic E-state index is 0.162. The molecule has 1 fully saturated rings. The normalized spacial score (nSPS) is 21.7. The lowest BCUT2D eigenvalue weighted by molar-refractivity contribution is -0.122. The number of carbonyl (C=O) groups excluding carboxylic acids is 1. The van der Waals surface area contributed by atoms with E-state index < -0.39 is 0 Å². The van der Waals surface area contributed by atoms with E-state index in [9.17, 15) is 4.79 Å². The summed E-state index contributed by atoms with van der Waals surface area (Å²) in [6, 6.07) is 0.400. The number of rotatable bonds is 4. The maximum absolute atomic E-state index is 12.3. The summed E-state index contributed by atoms with van der Waals surface area (Å²) in [6.45, 7) is 5.65. The summed E-state index contributed by atoms with van der Waals surface area (Å²) in [5, 5.41) is 6.51. The van der Waals surface area contributed by atoms with E-state index in [2.05, 4.69) is 27.6 Å². The Kier molecular flexibility index (Phi) is 5.28. The van der Waals surface area contributed by atoms with Crippen molar-refractivity contribution in [1.29, 1.82) is 0 Å². The monoisotopic (exact) mass is 316 g/mol. The Morgan fingerprint density at radius 3 is 3.17 bits per heavy atom. The van der Waals surface area contributed by atoms with Gasteiger partial charge in [0.15, 0.2) is 0 Å². The van der Waals surface area contributed by atoms with Crippen molar-refractivity contribution in [2.45, 2.75) is 58.2 Å². The maximum Gasteiger partial charge on any atom is 0.221 e. The van der Waals surface area contributed by atoms with E-state index in [-0.39, 0.29) is 5.91 Å². The fraction of sp³-hybridized carbons (Fsp3) is 0.667. The molecule has 1 amide bonds. The molecule has 126 valence electrons. The van der Waals surface area contributed by atoms with Gasteiger partial charge < -0.3 is 15.5 Å². The number of fused-ring (bicyclic) bond motifs is 1. The topological polar surface area (TPSA) is 57.3 Å². The zero-order chi connectivity index (χ0) is 16.2. The van der Waals surface area contributed by atoms with Gasteiger partial charge in [0.25, 0.3) is 0 Å². The summed E-state index contributed by atoms with van der Waals surface area (Å²) >= 11 is 0. The molecule has 2 N–H and O–H groups in total. The molecule has 0 spiro atoms. The van der Waals surface area contributed by atoms with Crippen molar-refractivity contribution in [2.24, 2.45) is 0 Å². The van der Waals surface area contributed by atoms with Crippen LogP contribution in [0, 0.1) is 6.92 Å². The lowest BCUT2D eigenvalue weighted by atomic mass is 9.95. The Morgan fingerprint density at radius 2 is 2.35 bits per heavy atom. The Balaban J connectivity index is 1.60. The molecule has 1 unspecified atom stereocenters. The number of nitrogens with one attached hydrogen (secondary N) is 2. The van der Waals surface area contributed by atoms with Crippen LogP contribution in [0.25, 0.3) is 0 Å². The minimum Gasteiger partial charge on any atom is -0.352 e. The SMILES string of the molecule is Cc1ncc2c(c1CNC(=O)CC1CCCCN1C)CCNC2. The highest BCUT2D eigenvalue weighted by Gasteiger charge is 2.22. The van der Waals surface area contributed by atoms with E-state index in [0.717, 1.165) is 38.2 Å². The zero-order valence-corrected chi connectivity index (χ0v) is 14.3. The van der Waals surface area contributed by atoms with Crippen LogP contribution in [0.5, 0.6) is 0 Å². The molecule has 2 aliphatic heterocycles. The van der Waals surface area contributed by atoms with Crippen LogP contribution < -0.4 is 10.6 Å². The molecule has 3 rings (SSSR count). The first kappa shape index (κ1) is 16.4. The first-order valence-electron chi connectivity index (χ1n) is 8.79. The van der Waals surface area contributed by atoms with Gasteiger partial charge in [0.1, 0.15) is 0 Å². The number of aromatic nitrogens is 1. The molecule has 1 saturated heterocycles. The molecule has 0 bridgehead atoms. The summed E-state index contributed by atoms with van der Waals surface area (Å²) in [5.74, 6) is 0.162. The number of likely N-dealkylation sites (tertiary alicyclic amines) is 1. The molecule has 0 saturated carbocycles. The number of piperidine rings is 1. The quantitative estimate of drug-likeness (QED) is 0.884. The molecule has 0 aliphatic carbocycles. The van der Waals surface area contributed by atoms with E-state index in [1.54, 1.807) is 0 Å². The number of pyridine rings is 1. The molecule has 1 aromatic heterocycles. The van der Waals surface area contributed by atoms with Gasteiger partial charge in [0.05, 0.1) is 0 Å². The van der Waals surface area contributed by atoms with Gasteiger partial charge in [-0.25, -0.2) is 0 Å². The zero-order valence-electron chi connectivity index (χ0n) is 14.3. The molecule has 1 atom stereocenters. The second kappa shape index (κ2) is 7.41. The van der Waals surface area contributed by atoms with Crippen molar-refractivity contribution in [3.05, 3.63) is 28.6 Å². The third kappa shape index (κ3) is 3.90. The van der Waals surface area contributed by atoms with Crippen molar-refractivity contribution in [2.75, 3.05) is 20.1 Å². The summed E-state index contributed by atoms with van der Waals surface area (Å²) < 4.78 is 0. The molecule has 0 aromatic carbocycles. The summed E-state index contributed by atoms with van der Waals surface area (Å²) in [5.41, 5.74) is 4.92. The van der Waals surface area contributed by atoms with Crippen molar-refractivity contribution in [1.82, 2.24) is 20.5 Å².